The second-order valence-corrected chi connectivity index (χ2v) is 7.87. The van der Waals surface area contributed by atoms with Crippen molar-refractivity contribution in [1.29, 1.82) is 0 Å². The van der Waals surface area contributed by atoms with Crippen molar-refractivity contribution < 1.29 is 14.2 Å². The van der Waals surface area contributed by atoms with E-state index in [0.717, 1.165) is 17.0 Å². The van der Waals surface area contributed by atoms with Crippen LogP contribution in [0.3, 0.4) is 0 Å². The molecular formula is C19H20N2O3S2. The number of nitrogens with one attached hydrogen (secondary N) is 1. The van der Waals surface area contributed by atoms with Crippen molar-refractivity contribution in [3.8, 4) is 17.2 Å². The van der Waals surface area contributed by atoms with E-state index in [-0.39, 0.29) is 12.1 Å². The standard InChI is InChI=1S/C19H20N2O3S2/c1-22-14-9-12(10-15(23-2)17(14)24-3)16-18-11(4-6-25-18)8-13(21-16)19-20-5-7-26-19/h4-7,9-10,13,16,21H,8H2,1-3H3/t13-,16-/m0/s1. The van der Waals surface area contributed by atoms with Crippen LogP contribution < -0.4 is 19.5 Å². The van der Waals surface area contributed by atoms with Gasteiger partial charge in [0.1, 0.15) is 5.01 Å². The van der Waals surface area contributed by atoms with Gasteiger partial charge in [-0.05, 0) is 41.1 Å². The molecule has 0 aliphatic carbocycles. The summed E-state index contributed by atoms with van der Waals surface area (Å²) in [5, 5.41) is 9.05. The molecule has 1 aliphatic heterocycles. The third-order valence-electron chi connectivity index (χ3n) is 4.60. The Kier molecular flexibility index (Phi) is 4.84. The van der Waals surface area contributed by atoms with Crippen molar-refractivity contribution in [3.63, 3.8) is 0 Å². The minimum Gasteiger partial charge on any atom is -0.493 e. The summed E-state index contributed by atoms with van der Waals surface area (Å²) in [6.45, 7) is 0. The van der Waals surface area contributed by atoms with Crippen LogP contribution in [0.5, 0.6) is 17.2 Å². The maximum Gasteiger partial charge on any atom is 0.203 e. The summed E-state index contributed by atoms with van der Waals surface area (Å²) in [5.74, 6) is 1.94. The first-order valence-corrected chi connectivity index (χ1v) is 10.0. The highest BCUT2D eigenvalue weighted by atomic mass is 32.1. The van der Waals surface area contributed by atoms with E-state index in [4.69, 9.17) is 14.2 Å². The molecule has 26 heavy (non-hydrogen) atoms. The zero-order chi connectivity index (χ0) is 18.1. The number of hydrogen-bond donors (Lipinski definition) is 1. The fourth-order valence-electron chi connectivity index (χ4n) is 3.41. The lowest BCUT2D eigenvalue weighted by Crippen LogP contribution is -2.33. The minimum absolute atomic E-state index is 0.0568. The van der Waals surface area contributed by atoms with Crippen molar-refractivity contribution in [2.24, 2.45) is 0 Å². The van der Waals surface area contributed by atoms with Gasteiger partial charge in [0.15, 0.2) is 11.5 Å². The summed E-state index contributed by atoms with van der Waals surface area (Å²) in [6.07, 6.45) is 2.81. The Balaban J connectivity index is 1.79. The molecule has 0 fully saturated rings. The first-order valence-electron chi connectivity index (χ1n) is 8.26. The summed E-state index contributed by atoms with van der Waals surface area (Å²) in [6, 6.07) is 6.51. The maximum atomic E-state index is 5.54. The topological polar surface area (TPSA) is 52.6 Å². The molecule has 0 saturated heterocycles. The number of thiazole rings is 1. The molecule has 2 aromatic heterocycles. The van der Waals surface area contributed by atoms with Gasteiger partial charge in [0.25, 0.3) is 0 Å². The SMILES string of the molecule is COc1cc([C@@H]2N[C@H](c3nccs3)Cc3ccsc32)cc(OC)c1OC. The van der Waals surface area contributed by atoms with Gasteiger partial charge >= 0.3 is 0 Å². The van der Waals surface area contributed by atoms with Gasteiger partial charge in [0, 0.05) is 16.5 Å². The van der Waals surface area contributed by atoms with Crippen LogP contribution in [-0.2, 0) is 6.42 Å². The fraction of sp³-hybridized carbons (Fsp3) is 0.316. The van der Waals surface area contributed by atoms with Gasteiger partial charge < -0.3 is 14.2 Å². The lowest BCUT2D eigenvalue weighted by molar-refractivity contribution is 0.322. The Morgan fingerprint density at radius 2 is 1.81 bits per heavy atom. The molecular weight excluding hydrogens is 368 g/mol. The summed E-state index contributed by atoms with van der Waals surface area (Å²) in [4.78, 5) is 5.84. The molecule has 136 valence electrons. The van der Waals surface area contributed by atoms with E-state index >= 15 is 0 Å². The molecule has 1 aliphatic rings. The van der Waals surface area contributed by atoms with Gasteiger partial charge in [-0.3, -0.25) is 5.32 Å². The molecule has 1 aromatic carbocycles. The first kappa shape index (κ1) is 17.3. The number of benzene rings is 1. The van der Waals surface area contributed by atoms with Gasteiger partial charge in [-0.25, -0.2) is 4.98 Å². The quantitative estimate of drug-likeness (QED) is 0.710. The average molecular weight is 389 g/mol. The largest absolute Gasteiger partial charge is 0.493 e. The van der Waals surface area contributed by atoms with Crippen molar-refractivity contribution in [1.82, 2.24) is 10.3 Å². The average Bonchev–Trinajstić information content (AvgIpc) is 3.37. The van der Waals surface area contributed by atoms with Gasteiger partial charge in [-0.15, -0.1) is 22.7 Å². The van der Waals surface area contributed by atoms with Crippen LogP contribution in [0.15, 0.2) is 35.2 Å². The van der Waals surface area contributed by atoms with Gasteiger partial charge in [0.2, 0.25) is 5.75 Å². The number of fused-ring (bicyclic) bond motifs is 1. The highest BCUT2D eigenvalue weighted by molar-refractivity contribution is 7.10. The lowest BCUT2D eigenvalue weighted by Gasteiger charge is -2.31. The number of methoxy groups -OCH3 is 3. The third kappa shape index (κ3) is 2.96. The molecule has 0 saturated carbocycles. The van der Waals surface area contributed by atoms with E-state index in [1.807, 2.05) is 23.7 Å². The number of nitrogens with zero attached hydrogens (tertiary/aromatic N) is 1. The van der Waals surface area contributed by atoms with Crippen molar-refractivity contribution in [3.05, 3.63) is 56.2 Å². The van der Waals surface area contributed by atoms with Gasteiger partial charge in [-0.2, -0.15) is 0 Å². The number of rotatable bonds is 5. The molecule has 0 bridgehead atoms. The fourth-order valence-corrected chi connectivity index (χ4v) is 5.13. The summed E-state index contributed by atoms with van der Waals surface area (Å²) < 4.78 is 16.5. The minimum atomic E-state index is 0.0568. The van der Waals surface area contributed by atoms with Crippen LogP contribution in [0, 0.1) is 0 Å². The summed E-state index contributed by atoms with van der Waals surface area (Å²) in [5.41, 5.74) is 2.46. The van der Waals surface area contributed by atoms with E-state index < -0.39 is 0 Å². The molecule has 0 spiro atoms. The van der Waals surface area contributed by atoms with E-state index in [1.165, 1.54) is 10.4 Å². The molecule has 3 heterocycles. The number of aromatic nitrogens is 1. The summed E-state index contributed by atoms with van der Waals surface area (Å²) >= 11 is 3.46. The van der Waals surface area contributed by atoms with E-state index in [9.17, 15) is 0 Å². The Labute approximate surface area is 160 Å². The van der Waals surface area contributed by atoms with E-state index in [2.05, 4.69) is 21.7 Å². The van der Waals surface area contributed by atoms with Gasteiger partial charge in [0.05, 0.1) is 33.4 Å². The third-order valence-corrected chi connectivity index (χ3v) is 6.52. The second-order valence-electron chi connectivity index (χ2n) is 6.00. The smallest absolute Gasteiger partial charge is 0.203 e. The molecule has 0 unspecified atom stereocenters. The van der Waals surface area contributed by atoms with Crippen molar-refractivity contribution in [2.75, 3.05) is 21.3 Å². The Hall–Kier alpha value is -2.09. The van der Waals surface area contributed by atoms with Crippen molar-refractivity contribution >= 4 is 22.7 Å². The van der Waals surface area contributed by atoms with E-state index in [0.29, 0.717) is 17.2 Å². The van der Waals surface area contributed by atoms with Crippen LogP contribution in [-0.4, -0.2) is 26.3 Å². The van der Waals surface area contributed by atoms with Crippen molar-refractivity contribution in [2.45, 2.75) is 18.5 Å². The predicted octanol–water partition coefficient (Wildman–Crippen LogP) is 4.21. The maximum absolute atomic E-state index is 5.54. The zero-order valence-electron chi connectivity index (χ0n) is 14.8. The van der Waals surface area contributed by atoms with Crippen LogP contribution >= 0.6 is 22.7 Å². The van der Waals surface area contributed by atoms with Crippen LogP contribution in [0.1, 0.15) is 33.1 Å². The predicted molar refractivity (Wildman–Crippen MR) is 104 cm³/mol. The molecule has 1 N–H and O–H groups in total. The number of hydrogen-bond acceptors (Lipinski definition) is 7. The monoisotopic (exact) mass is 388 g/mol. The van der Waals surface area contributed by atoms with Crippen LogP contribution in [0.25, 0.3) is 0 Å². The molecule has 0 radical (unpaired) electrons. The zero-order valence-corrected chi connectivity index (χ0v) is 16.4. The molecule has 7 heteroatoms. The molecule has 3 aromatic rings. The lowest BCUT2D eigenvalue weighted by atomic mass is 9.93. The van der Waals surface area contributed by atoms with E-state index in [1.54, 1.807) is 44.0 Å². The Morgan fingerprint density at radius 3 is 2.42 bits per heavy atom. The number of ether oxygens (including phenoxy) is 3. The van der Waals surface area contributed by atoms with Gasteiger partial charge in [-0.1, -0.05) is 0 Å². The number of thiophene rings is 1. The Bertz CT molecular complexity index is 867. The van der Waals surface area contributed by atoms with Crippen LogP contribution in [0.4, 0.5) is 0 Å². The normalized spacial score (nSPS) is 19.0. The highest BCUT2D eigenvalue weighted by Gasteiger charge is 2.31. The molecule has 0 amide bonds. The molecule has 4 rings (SSSR count). The Morgan fingerprint density at radius 1 is 1.04 bits per heavy atom. The first-order chi connectivity index (χ1) is 12.7. The molecule has 5 nitrogen and oxygen atoms in total. The van der Waals surface area contributed by atoms with Crippen LogP contribution in [0.2, 0.25) is 0 Å². The summed E-state index contributed by atoms with van der Waals surface area (Å²) in [7, 11) is 4.91. The molecule has 2 atom stereocenters. The second kappa shape index (κ2) is 7.26. The highest BCUT2D eigenvalue weighted by Crippen LogP contribution is 2.44.